The second kappa shape index (κ2) is 4.86. The van der Waals surface area contributed by atoms with Gasteiger partial charge in [-0.05, 0) is 67.9 Å². The minimum absolute atomic E-state index is 0.117. The first-order valence-corrected chi connectivity index (χ1v) is 9.19. The van der Waals surface area contributed by atoms with Gasteiger partial charge in [-0.3, -0.25) is 0 Å². The van der Waals surface area contributed by atoms with Crippen LogP contribution in [0.25, 0.3) is 0 Å². The molecule has 128 valence electrons. The zero-order chi connectivity index (χ0) is 16.5. The Bertz CT molecular complexity index is 582. The van der Waals surface area contributed by atoms with Gasteiger partial charge in [0, 0.05) is 5.41 Å². The fourth-order valence-electron chi connectivity index (χ4n) is 6.07. The van der Waals surface area contributed by atoms with E-state index in [1.165, 1.54) is 12.0 Å². The summed E-state index contributed by atoms with van der Waals surface area (Å²) in [6, 6.07) is 2.08. The minimum atomic E-state index is -0.250. The largest absolute Gasteiger partial charge is 0.472 e. The molecule has 0 radical (unpaired) electrons. The number of hydrogen-bond acceptors (Lipinski definition) is 3. The summed E-state index contributed by atoms with van der Waals surface area (Å²) in [6.07, 6.45) is 9.18. The van der Waals surface area contributed by atoms with Crippen molar-refractivity contribution in [2.75, 3.05) is 0 Å². The van der Waals surface area contributed by atoms with Crippen molar-refractivity contribution in [1.82, 2.24) is 0 Å². The number of aliphatic hydroxyl groups is 1. The number of aryl methyl sites for hydroxylation is 1. The maximum Gasteiger partial charge on any atom is 0.100 e. The van der Waals surface area contributed by atoms with Crippen LogP contribution in [0.2, 0.25) is 0 Å². The highest BCUT2D eigenvalue weighted by Gasteiger charge is 2.74. The van der Waals surface area contributed by atoms with Crippen molar-refractivity contribution >= 4 is 0 Å². The van der Waals surface area contributed by atoms with Gasteiger partial charge in [0.1, 0.15) is 5.60 Å². The van der Waals surface area contributed by atoms with Gasteiger partial charge in [0.15, 0.2) is 0 Å². The summed E-state index contributed by atoms with van der Waals surface area (Å²) in [5, 5.41) is 11.0. The second-order valence-corrected chi connectivity index (χ2v) is 8.92. The van der Waals surface area contributed by atoms with Gasteiger partial charge in [-0.2, -0.15) is 0 Å². The first-order chi connectivity index (χ1) is 10.8. The first kappa shape index (κ1) is 15.7. The van der Waals surface area contributed by atoms with Crippen LogP contribution in [0, 0.1) is 22.7 Å². The van der Waals surface area contributed by atoms with Crippen LogP contribution in [0.3, 0.4) is 0 Å². The molecule has 1 saturated heterocycles. The molecule has 7 atom stereocenters. The molecule has 4 rings (SSSR count). The lowest BCUT2D eigenvalue weighted by Crippen LogP contribution is -2.62. The Balaban J connectivity index is 1.65. The van der Waals surface area contributed by atoms with Gasteiger partial charge in [-0.15, -0.1) is 0 Å². The molecule has 0 unspecified atom stereocenters. The van der Waals surface area contributed by atoms with E-state index in [4.69, 9.17) is 9.15 Å². The molecule has 0 spiro atoms. The van der Waals surface area contributed by atoms with Crippen LogP contribution in [-0.4, -0.2) is 22.9 Å². The van der Waals surface area contributed by atoms with E-state index in [-0.39, 0.29) is 22.5 Å². The van der Waals surface area contributed by atoms with E-state index in [9.17, 15) is 5.11 Å². The molecule has 23 heavy (non-hydrogen) atoms. The molecule has 2 heterocycles. The molecular weight excluding hydrogens is 288 g/mol. The molecule has 1 aliphatic heterocycles. The molecule has 0 amide bonds. The number of aliphatic hydroxyl groups excluding tert-OH is 1. The van der Waals surface area contributed by atoms with E-state index in [1.807, 2.05) is 6.26 Å². The van der Waals surface area contributed by atoms with Gasteiger partial charge in [0.2, 0.25) is 0 Å². The number of ether oxygens (including phenoxy) is 1. The Morgan fingerprint density at radius 2 is 2.04 bits per heavy atom. The van der Waals surface area contributed by atoms with E-state index in [1.54, 1.807) is 6.26 Å². The molecule has 3 aliphatic rings. The van der Waals surface area contributed by atoms with Crippen molar-refractivity contribution in [2.45, 2.75) is 77.6 Å². The van der Waals surface area contributed by atoms with Crippen molar-refractivity contribution < 1.29 is 14.3 Å². The van der Waals surface area contributed by atoms with Crippen molar-refractivity contribution in [3.63, 3.8) is 0 Å². The molecule has 1 aromatic heterocycles. The smallest absolute Gasteiger partial charge is 0.100 e. The lowest BCUT2D eigenvalue weighted by Gasteiger charge is -2.61. The third-order valence-corrected chi connectivity index (χ3v) is 8.18. The SMILES string of the molecule is C[C@@H]1C[C@@H](O)[C@]2(C)[C@@H](CC[C@@H]3O[C@@]32C)[C@]1(C)CCc1ccoc1. The van der Waals surface area contributed by atoms with Crippen LogP contribution in [0.1, 0.15) is 58.9 Å². The molecule has 1 aromatic rings. The van der Waals surface area contributed by atoms with Crippen molar-refractivity contribution in [2.24, 2.45) is 22.7 Å². The summed E-state index contributed by atoms with van der Waals surface area (Å²) >= 11 is 0. The van der Waals surface area contributed by atoms with Gasteiger partial charge in [0.25, 0.3) is 0 Å². The van der Waals surface area contributed by atoms with E-state index in [2.05, 4.69) is 33.8 Å². The summed E-state index contributed by atoms with van der Waals surface area (Å²) in [7, 11) is 0. The average molecular weight is 318 g/mol. The molecule has 1 N–H and O–H groups in total. The zero-order valence-corrected chi connectivity index (χ0v) is 14.8. The Labute approximate surface area is 139 Å². The van der Waals surface area contributed by atoms with Crippen molar-refractivity contribution in [3.05, 3.63) is 24.2 Å². The normalized spacial score (nSPS) is 51.9. The van der Waals surface area contributed by atoms with Gasteiger partial charge in [-0.25, -0.2) is 0 Å². The van der Waals surface area contributed by atoms with E-state index in [0.717, 1.165) is 25.7 Å². The summed E-state index contributed by atoms with van der Waals surface area (Å²) in [5.74, 6) is 1.05. The highest BCUT2D eigenvalue weighted by Crippen LogP contribution is 2.70. The summed E-state index contributed by atoms with van der Waals surface area (Å²) in [4.78, 5) is 0. The Kier molecular flexibility index (Phi) is 3.32. The molecule has 3 fully saturated rings. The van der Waals surface area contributed by atoms with E-state index >= 15 is 0 Å². The molecule has 3 nitrogen and oxygen atoms in total. The highest BCUT2D eigenvalue weighted by atomic mass is 16.6. The monoisotopic (exact) mass is 318 g/mol. The van der Waals surface area contributed by atoms with Gasteiger partial charge in [-0.1, -0.05) is 20.8 Å². The van der Waals surface area contributed by atoms with Crippen LogP contribution in [0.4, 0.5) is 0 Å². The maximum atomic E-state index is 11.0. The van der Waals surface area contributed by atoms with Gasteiger partial charge >= 0.3 is 0 Å². The summed E-state index contributed by atoms with van der Waals surface area (Å²) in [6.45, 7) is 9.32. The third-order valence-electron chi connectivity index (χ3n) is 8.18. The Morgan fingerprint density at radius 1 is 1.26 bits per heavy atom. The first-order valence-electron chi connectivity index (χ1n) is 9.19. The standard InChI is InChI=1S/C20H30O3/c1-13-11-16(21)19(3)15(5-6-17-20(19,4)23-17)18(13,2)9-7-14-8-10-22-12-14/h8,10,12-13,15-17,21H,5-7,9,11H2,1-4H3/t13-,15+,16-,17+,18-,19+,20+/m1/s1. The lowest BCUT2D eigenvalue weighted by molar-refractivity contribution is -0.172. The van der Waals surface area contributed by atoms with E-state index < -0.39 is 0 Å². The van der Waals surface area contributed by atoms with Gasteiger partial charge < -0.3 is 14.3 Å². The number of furan rings is 1. The zero-order valence-electron chi connectivity index (χ0n) is 14.8. The number of rotatable bonds is 3. The predicted molar refractivity (Wildman–Crippen MR) is 89.0 cm³/mol. The summed E-state index contributed by atoms with van der Waals surface area (Å²) in [5.41, 5.74) is 1.29. The van der Waals surface area contributed by atoms with Crippen molar-refractivity contribution in [1.29, 1.82) is 0 Å². The number of epoxide rings is 1. The van der Waals surface area contributed by atoms with Crippen molar-refractivity contribution in [3.8, 4) is 0 Å². The quantitative estimate of drug-likeness (QED) is 0.850. The average Bonchev–Trinajstić information content (AvgIpc) is 2.96. The Morgan fingerprint density at radius 3 is 2.74 bits per heavy atom. The third kappa shape index (κ3) is 1.96. The van der Waals surface area contributed by atoms with Gasteiger partial charge in [0.05, 0.1) is 24.7 Å². The van der Waals surface area contributed by atoms with E-state index in [0.29, 0.717) is 17.9 Å². The van der Waals surface area contributed by atoms with Crippen LogP contribution >= 0.6 is 0 Å². The molecule has 0 aromatic carbocycles. The number of fused-ring (bicyclic) bond motifs is 3. The second-order valence-electron chi connectivity index (χ2n) is 8.92. The highest BCUT2D eigenvalue weighted by molar-refractivity contribution is 5.22. The Hall–Kier alpha value is -0.800. The minimum Gasteiger partial charge on any atom is -0.472 e. The molecule has 2 saturated carbocycles. The molecule has 0 bridgehead atoms. The lowest BCUT2D eigenvalue weighted by atomic mass is 9.43. The summed E-state index contributed by atoms with van der Waals surface area (Å²) < 4.78 is 11.3. The van der Waals surface area contributed by atoms with Crippen LogP contribution < -0.4 is 0 Å². The van der Waals surface area contributed by atoms with Crippen LogP contribution in [0.15, 0.2) is 23.0 Å². The fraction of sp³-hybridized carbons (Fsp3) is 0.800. The predicted octanol–water partition coefficient (Wildman–Crippen LogP) is 4.19. The molecule has 2 aliphatic carbocycles. The number of hydrogen-bond donors (Lipinski definition) is 1. The molecular formula is C20H30O3. The van der Waals surface area contributed by atoms with Crippen LogP contribution in [-0.2, 0) is 11.2 Å². The maximum absolute atomic E-state index is 11.0. The topological polar surface area (TPSA) is 45.9 Å². The van der Waals surface area contributed by atoms with Crippen LogP contribution in [0.5, 0.6) is 0 Å². The molecule has 3 heteroatoms. The fourth-order valence-corrected chi connectivity index (χ4v) is 6.07.